The Balaban J connectivity index is 2.18. The van der Waals surface area contributed by atoms with E-state index in [1.54, 1.807) is 18.3 Å². The molecule has 0 spiro atoms. The molecule has 0 bridgehead atoms. The van der Waals surface area contributed by atoms with Gasteiger partial charge in [0, 0.05) is 17.7 Å². The molecule has 6 nitrogen and oxygen atoms in total. The monoisotopic (exact) mass is 284 g/mol. The zero-order chi connectivity index (χ0) is 15.0. The Morgan fingerprint density at radius 2 is 1.43 bits per heavy atom. The molecule has 3 aromatic rings. The Labute approximate surface area is 119 Å². The number of hydrogen-bond donors (Lipinski definition) is 5. The maximum atomic E-state index is 9.95. The molecule has 0 atom stereocenters. The summed E-state index contributed by atoms with van der Waals surface area (Å²) in [4.78, 5) is 0. The molecule has 0 saturated heterocycles. The van der Waals surface area contributed by atoms with E-state index in [-0.39, 0.29) is 28.6 Å². The molecular formula is C15H12N2O4. The molecule has 3 rings (SSSR count). The number of aromatic hydroxyl groups is 4. The summed E-state index contributed by atoms with van der Waals surface area (Å²) >= 11 is 0. The Kier molecular flexibility index (Phi) is 2.91. The minimum absolute atomic E-state index is 0.138. The van der Waals surface area contributed by atoms with Crippen molar-refractivity contribution in [2.75, 3.05) is 0 Å². The van der Waals surface area contributed by atoms with Gasteiger partial charge in [0.05, 0.1) is 17.5 Å². The number of nitrogens with zero attached hydrogens (tertiary/aromatic N) is 1. The van der Waals surface area contributed by atoms with Gasteiger partial charge >= 0.3 is 0 Å². The fourth-order valence-corrected chi connectivity index (χ4v) is 2.19. The van der Waals surface area contributed by atoms with Crippen molar-refractivity contribution in [1.82, 2.24) is 10.2 Å². The highest BCUT2D eigenvalue weighted by atomic mass is 16.3. The second kappa shape index (κ2) is 4.75. The Hall–Kier alpha value is -3.15. The van der Waals surface area contributed by atoms with Gasteiger partial charge in [0.1, 0.15) is 23.0 Å². The van der Waals surface area contributed by atoms with E-state index < -0.39 is 0 Å². The third kappa shape index (κ3) is 2.23. The molecule has 0 aliphatic heterocycles. The predicted molar refractivity (Wildman–Crippen MR) is 76.1 cm³/mol. The lowest BCUT2D eigenvalue weighted by Gasteiger charge is -2.09. The van der Waals surface area contributed by atoms with Crippen LogP contribution in [0.15, 0.2) is 42.6 Å². The molecule has 21 heavy (non-hydrogen) atoms. The zero-order valence-corrected chi connectivity index (χ0v) is 10.8. The van der Waals surface area contributed by atoms with Crippen LogP contribution in [0.4, 0.5) is 0 Å². The number of hydrogen-bond acceptors (Lipinski definition) is 5. The van der Waals surface area contributed by atoms with Gasteiger partial charge in [0.2, 0.25) is 0 Å². The predicted octanol–water partition coefficient (Wildman–Crippen LogP) is 2.57. The van der Waals surface area contributed by atoms with Gasteiger partial charge in [0.25, 0.3) is 0 Å². The van der Waals surface area contributed by atoms with Gasteiger partial charge in [-0.15, -0.1) is 0 Å². The van der Waals surface area contributed by atoms with Crippen molar-refractivity contribution in [2.24, 2.45) is 0 Å². The van der Waals surface area contributed by atoms with Crippen LogP contribution in [0.1, 0.15) is 0 Å². The van der Waals surface area contributed by atoms with E-state index in [0.717, 1.165) is 17.7 Å². The zero-order valence-electron chi connectivity index (χ0n) is 10.8. The van der Waals surface area contributed by atoms with Crippen molar-refractivity contribution in [3.8, 4) is 45.4 Å². The largest absolute Gasteiger partial charge is 0.508 e. The fourth-order valence-electron chi connectivity index (χ4n) is 2.19. The average molecular weight is 284 g/mol. The smallest absolute Gasteiger partial charge is 0.132 e. The lowest BCUT2D eigenvalue weighted by atomic mass is 10.0. The molecule has 106 valence electrons. The minimum atomic E-state index is -0.267. The number of nitrogens with one attached hydrogen (secondary N) is 1. The molecule has 0 aliphatic rings. The summed E-state index contributed by atoms with van der Waals surface area (Å²) in [5, 5.41) is 45.2. The molecule has 0 fully saturated rings. The van der Waals surface area contributed by atoms with E-state index in [9.17, 15) is 20.4 Å². The van der Waals surface area contributed by atoms with Crippen LogP contribution in [0.25, 0.3) is 22.4 Å². The summed E-state index contributed by atoms with van der Waals surface area (Å²) in [7, 11) is 0. The minimum Gasteiger partial charge on any atom is -0.508 e. The van der Waals surface area contributed by atoms with Gasteiger partial charge in [-0.3, -0.25) is 5.10 Å². The molecule has 2 aromatic carbocycles. The number of rotatable bonds is 2. The molecule has 0 amide bonds. The summed E-state index contributed by atoms with van der Waals surface area (Å²) in [6, 6.07) is 8.72. The number of phenolic OH excluding ortho intramolecular Hbond substituents is 4. The molecule has 0 saturated carbocycles. The lowest BCUT2D eigenvalue weighted by molar-refractivity contribution is 0.430. The van der Waals surface area contributed by atoms with Gasteiger partial charge in [-0.25, -0.2) is 0 Å². The molecule has 6 heteroatoms. The van der Waals surface area contributed by atoms with Crippen LogP contribution in [-0.4, -0.2) is 30.6 Å². The highest BCUT2D eigenvalue weighted by Crippen LogP contribution is 2.43. The van der Waals surface area contributed by atoms with Crippen LogP contribution >= 0.6 is 0 Å². The van der Waals surface area contributed by atoms with E-state index >= 15 is 0 Å². The van der Waals surface area contributed by atoms with Crippen LogP contribution in [0, 0.1) is 0 Å². The van der Waals surface area contributed by atoms with Crippen molar-refractivity contribution >= 4 is 0 Å². The lowest BCUT2D eigenvalue weighted by Crippen LogP contribution is -1.85. The molecule has 0 radical (unpaired) electrons. The van der Waals surface area contributed by atoms with Crippen molar-refractivity contribution < 1.29 is 20.4 Å². The van der Waals surface area contributed by atoms with Gasteiger partial charge < -0.3 is 20.4 Å². The quantitative estimate of drug-likeness (QED) is 0.497. The maximum absolute atomic E-state index is 9.95. The SMILES string of the molecule is Oc1ccc(-c2cn[nH]c2-c2c(O)cc(O)cc2O)cc1. The number of aromatic amines is 1. The van der Waals surface area contributed by atoms with Crippen molar-refractivity contribution in [3.05, 3.63) is 42.6 Å². The summed E-state index contributed by atoms with van der Waals surface area (Å²) in [5.74, 6) is -0.632. The standard InChI is InChI=1S/C15H12N2O4/c18-9-3-1-8(2-4-9)11-7-16-17-15(11)14-12(20)5-10(19)6-13(14)21/h1-7,18-21H,(H,16,17). The fraction of sp³-hybridized carbons (Fsp3) is 0. The first kappa shape index (κ1) is 12.9. The number of phenols is 4. The van der Waals surface area contributed by atoms with Gasteiger partial charge in [0.15, 0.2) is 0 Å². The first-order valence-corrected chi connectivity index (χ1v) is 6.14. The van der Waals surface area contributed by atoms with E-state index in [4.69, 9.17) is 0 Å². The average Bonchev–Trinajstić information content (AvgIpc) is 2.87. The van der Waals surface area contributed by atoms with Crippen LogP contribution in [0.3, 0.4) is 0 Å². The summed E-state index contributed by atoms with van der Waals surface area (Å²) in [6.45, 7) is 0. The highest BCUT2D eigenvalue weighted by molar-refractivity contribution is 5.86. The number of benzene rings is 2. The maximum Gasteiger partial charge on any atom is 0.132 e. The van der Waals surface area contributed by atoms with E-state index in [1.807, 2.05) is 0 Å². The van der Waals surface area contributed by atoms with Crippen LogP contribution in [0.2, 0.25) is 0 Å². The molecule has 5 N–H and O–H groups in total. The van der Waals surface area contributed by atoms with E-state index in [0.29, 0.717) is 11.3 Å². The molecular weight excluding hydrogens is 272 g/mol. The normalized spacial score (nSPS) is 10.7. The second-order valence-corrected chi connectivity index (χ2v) is 4.56. The van der Waals surface area contributed by atoms with Gasteiger partial charge in [-0.1, -0.05) is 12.1 Å². The molecule has 1 aromatic heterocycles. The summed E-state index contributed by atoms with van der Waals surface area (Å²) < 4.78 is 0. The first-order valence-electron chi connectivity index (χ1n) is 6.14. The first-order chi connectivity index (χ1) is 10.1. The highest BCUT2D eigenvalue weighted by Gasteiger charge is 2.18. The van der Waals surface area contributed by atoms with E-state index in [1.165, 1.54) is 12.1 Å². The Bertz CT molecular complexity index is 771. The van der Waals surface area contributed by atoms with Crippen LogP contribution in [-0.2, 0) is 0 Å². The number of H-pyrrole nitrogens is 1. The van der Waals surface area contributed by atoms with E-state index in [2.05, 4.69) is 10.2 Å². The molecule has 0 aliphatic carbocycles. The Morgan fingerprint density at radius 3 is 2.05 bits per heavy atom. The van der Waals surface area contributed by atoms with Crippen LogP contribution in [0.5, 0.6) is 23.0 Å². The third-order valence-corrected chi connectivity index (χ3v) is 3.15. The Morgan fingerprint density at radius 1 is 0.810 bits per heavy atom. The summed E-state index contributed by atoms with van der Waals surface area (Å²) in [5.41, 5.74) is 1.96. The topological polar surface area (TPSA) is 110 Å². The van der Waals surface area contributed by atoms with Crippen molar-refractivity contribution in [1.29, 1.82) is 0 Å². The van der Waals surface area contributed by atoms with Crippen LogP contribution < -0.4 is 0 Å². The summed E-state index contributed by atoms with van der Waals surface area (Å²) in [6.07, 6.45) is 1.55. The molecule has 1 heterocycles. The van der Waals surface area contributed by atoms with Crippen molar-refractivity contribution in [2.45, 2.75) is 0 Å². The molecule has 0 unspecified atom stereocenters. The number of aromatic nitrogens is 2. The van der Waals surface area contributed by atoms with Crippen molar-refractivity contribution in [3.63, 3.8) is 0 Å². The second-order valence-electron chi connectivity index (χ2n) is 4.56. The van der Waals surface area contributed by atoms with Gasteiger partial charge in [-0.2, -0.15) is 5.10 Å². The van der Waals surface area contributed by atoms with Gasteiger partial charge in [-0.05, 0) is 17.7 Å². The third-order valence-electron chi connectivity index (χ3n) is 3.15.